The summed E-state index contributed by atoms with van der Waals surface area (Å²) in [6.07, 6.45) is 3.56. The molecule has 0 bridgehead atoms. The van der Waals surface area contributed by atoms with Gasteiger partial charge in [0.1, 0.15) is 0 Å². The molecule has 2 aromatic rings. The molecule has 1 aromatic carbocycles. The van der Waals surface area contributed by atoms with Crippen molar-refractivity contribution < 1.29 is 9.47 Å². The molecule has 1 saturated carbocycles. The van der Waals surface area contributed by atoms with Gasteiger partial charge in [0.25, 0.3) is 0 Å². The van der Waals surface area contributed by atoms with Crippen LogP contribution in [0.15, 0.2) is 12.1 Å². The molecule has 1 aliphatic carbocycles. The Morgan fingerprint density at radius 2 is 1.90 bits per heavy atom. The largest absolute Gasteiger partial charge is 0.493 e. The molecular formula is C16H22N2O2S. The number of imidazole rings is 1. The van der Waals surface area contributed by atoms with Crippen molar-refractivity contribution in [2.75, 3.05) is 14.2 Å². The summed E-state index contributed by atoms with van der Waals surface area (Å²) in [7, 11) is 3.31. The molecule has 0 aliphatic heterocycles. The fourth-order valence-corrected chi connectivity index (χ4v) is 3.79. The molecule has 0 radical (unpaired) electrons. The van der Waals surface area contributed by atoms with Crippen molar-refractivity contribution in [3.05, 3.63) is 16.9 Å². The summed E-state index contributed by atoms with van der Waals surface area (Å²) < 4.78 is 13.8. The van der Waals surface area contributed by atoms with Gasteiger partial charge in [-0.3, -0.25) is 0 Å². The van der Waals surface area contributed by atoms with Gasteiger partial charge in [-0.15, -0.1) is 0 Å². The third kappa shape index (κ3) is 2.44. The number of rotatable bonds is 3. The lowest BCUT2D eigenvalue weighted by Crippen LogP contribution is -2.09. The zero-order valence-electron chi connectivity index (χ0n) is 13.0. The Balaban J connectivity index is 2.15. The molecule has 21 heavy (non-hydrogen) atoms. The third-order valence-corrected chi connectivity index (χ3v) is 4.83. The molecule has 1 fully saturated rings. The maximum Gasteiger partial charge on any atom is 0.178 e. The first-order valence-electron chi connectivity index (χ1n) is 7.31. The van der Waals surface area contributed by atoms with Gasteiger partial charge in [0.15, 0.2) is 16.3 Å². The molecule has 1 unspecified atom stereocenters. The van der Waals surface area contributed by atoms with Gasteiger partial charge in [-0.25, -0.2) is 0 Å². The minimum Gasteiger partial charge on any atom is -0.493 e. The number of H-pyrrole nitrogens is 1. The molecule has 4 nitrogen and oxygen atoms in total. The first kappa shape index (κ1) is 14.4. The maximum atomic E-state index is 5.55. The van der Waals surface area contributed by atoms with E-state index in [9.17, 15) is 0 Å². The maximum absolute atomic E-state index is 5.55. The normalized spacial score (nSPS) is 20.9. The Morgan fingerprint density at radius 1 is 1.24 bits per heavy atom. The van der Waals surface area contributed by atoms with Gasteiger partial charge >= 0.3 is 0 Å². The zero-order chi connectivity index (χ0) is 15.2. The lowest BCUT2D eigenvalue weighted by atomic mass is 9.92. The van der Waals surface area contributed by atoms with Crippen LogP contribution in [0.4, 0.5) is 0 Å². The molecule has 114 valence electrons. The number of ether oxygens (including phenoxy) is 2. The van der Waals surface area contributed by atoms with Crippen LogP contribution in [0.5, 0.6) is 11.5 Å². The van der Waals surface area contributed by atoms with Crippen molar-refractivity contribution in [1.82, 2.24) is 9.55 Å². The van der Waals surface area contributed by atoms with E-state index in [1.807, 2.05) is 12.1 Å². The van der Waals surface area contributed by atoms with Crippen molar-refractivity contribution in [2.45, 2.75) is 39.2 Å². The highest BCUT2D eigenvalue weighted by atomic mass is 32.1. The van der Waals surface area contributed by atoms with E-state index in [0.717, 1.165) is 33.7 Å². The van der Waals surface area contributed by atoms with Gasteiger partial charge in [-0.05, 0) is 36.9 Å². The predicted molar refractivity (Wildman–Crippen MR) is 86.9 cm³/mol. The molecule has 0 amide bonds. The summed E-state index contributed by atoms with van der Waals surface area (Å²) in [4.78, 5) is 3.30. The molecule has 3 rings (SSSR count). The van der Waals surface area contributed by atoms with Gasteiger partial charge in [-0.2, -0.15) is 0 Å². The molecule has 1 N–H and O–H groups in total. The lowest BCUT2D eigenvalue weighted by Gasteiger charge is -2.18. The van der Waals surface area contributed by atoms with E-state index < -0.39 is 0 Å². The van der Waals surface area contributed by atoms with E-state index in [0.29, 0.717) is 11.5 Å². The Kier molecular flexibility index (Phi) is 3.48. The molecule has 1 aromatic heterocycles. The quantitative estimate of drug-likeness (QED) is 0.851. The van der Waals surface area contributed by atoms with Gasteiger partial charge < -0.3 is 19.0 Å². The number of aromatic amines is 1. The van der Waals surface area contributed by atoms with Gasteiger partial charge in [-0.1, -0.05) is 13.8 Å². The minimum atomic E-state index is 0.388. The summed E-state index contributed by atoms with van der Waals surface area (Å²) in [6, 6.07) is 4.44. The molecule has 1 aliphatic rings. The Morgan fingerprint density at radius 3 is 2.48 bits per heavy atom. The lowest BCUT2D eigenvalue weighted by molar-refractivity contribution is 0.354. The van der Waals surface area contributed by atoms with Crippen LogP contribution in [-0.2, 0) is 0 Å². The number of nitrogens with one attached hydrogen (secondary N) is 1. The molecular weight excluding hydrogens is 284 g/mol. The van der Waals surface area contributed by atoms with E-state index in [4.69, 9.17) is 21.7 Å². The number of aromatic nitrogens is 2. The van der Waals surface area contributed by atoms with E-state index >= 15 is 0 Å². The number of fused-ring (bicyclic) bond motifs is 1. The average molecular weight is 306 g/mol. The first-order chi connectivity index (χ1) is 9.95. The highest BCUT2D eigenvalue weighted by Crippen LogP contribution is 2.45. The average Bonchev–Trinajstić information content (AvgIpc) is 2.95. The second kappa shape index (κ2) is 5.05. The SMILES string of the molecule is COc1cc2[nH]c(=S)n(C3CCC(C)(C)C3)c2cc1OC. The summed E-state index contributed by atoms with van der Waals surface area (Å²) >= 11 is 5.55. The second-order valence-corrected chi connectivity index (χ2v) is 6.97. The smallest absolute Gasteiger partial charge is 0.178 e. The van der Waals surface area contributed by atoms with Gasteiger partial charge in [0.05, 0.1) is 25.3 Å². The highest BCUT2D eigenvalue weighted by molar-refractivity contribution is 7.71. The van der Waals surface area contributed by atoms with Crippen molar-refractivity contribution in [1.29, 1.82) is 0 Å². The summed E-state index contributed by atoms with van der Waals surface area (Å²) in [5, 5.41) is 0. The summed E-state index contributed by atoms with van der Waals surface area (Å²) in [5.41, 5.74) is 2.49. The first-order valence-corrected chi connectivity index (χ1v) is 7.72. The Bertz CT molecular complexity index is 730. The van der Waals surface area contributed by atoms with Crippen LogP contribution >= 0.6 is 12.2 Å². The summed E-state index contributed by atoms with van der Waals surface area (Å²) in [6.45, 7) is 4.66. The van der Waals surface area contributed by atoms with E-state index in [1.165, 1.54) is 12.8 Å². The fraction of sp³-hybridized carbons (Fsp3) is 0.562. The van der Waals surface area contributed by atoms with Crippen molar-refractivity contribution >= 4 is 23.3 Å². The van der Waals surface area contributed by atoms with E-state index in [2.05, 4.69) is 23.4 Å². The van der Waals surface area contributed by atoms with Crippen molar-refractivity contribution in [3.63, 3.8) is 0 Å². The zero-order valence-corrected chi connectivity index (χ0v) is 13.8. The molecule has 1 heterocycles. The third-order valence-electron chi connectivity index (χ3n) is 4.53. The van der Waals surface area contributed by atoms with Crippen LogP contribution in [0.25, 0.3) is 11.0 Å². The van der Waals surface area contributed by atoms with Gasteiger partial charge in [0, 0.05) is 18.2 Å². The van der Waals surface area contributed by atoms with Crippen LogP contribution in [0, 0.1) is 10.2 Å². The van der Waals surface area contributed by atoms with E-state index in [-0.39, 0.29) is 0 Å². The number of hydrogen-bond donors (Lipinski definition) is 1. The van der Waals surface area contributed by atoms with Crippen molar-refractivity contribution in [3.8, 4) is 11.5 Å². The molecule has 5 heteroatoms. The molecule has 0 spiro atoms. The van der Waals surface area contributed by atoms with E-state index in [1.54, 1.807) is 14.2 Å². The predicted octanol–water partition coefficient (Wildman–Crippen LogP) is 4.47. The summed E-state index contributed by atoms with van der Waals surface area (Å²) in [5.74, 6) is 1.46. The van der Waals surface area contributed by atoms with Crippen LogP contribution in [-0.4, -0.2) is 23.8 Å². The van der Waals surface area contributed by atoms with Crippen molar-refractivity contribution in [2.24, 2.45) is 5.41 Å². The van der Waals surface area contributed by atoms with Gasteiger partial charge in [0.2, 0.25) is 0 Å². The number of benzene rings is 1. The fourth-order valence-electron chi connectivity index (χ4n) is 3.43. The number of nitrogens with zero attached hydrogens (tertiary/aromatic N) is 1. The topological polar surface area (TPSA) is 39.2 Å². The second-order valence-electron chi connectivity index (χ2n) is 6.59. The monoisotopic (exact) mass is 306 g/mol. The number of methoxy groups -OCH3 is 2. The Hall–Kier alpha value is -1.49. The Labute approximate surface area is 130 Å². The standard InChI is InChI=1S/C16H22N2O2S/c1-16(2)6-5-10(9-16)18-12-8-14(20-4)13(19-3)7-11(12)17-15(18)21/h7-8,10H,5-6,9H2,1-4H3,(H,17,21). The molecule has 0 saturated heterocycles. The van der Waals surface area contributed by atoms with Crippen LogP contribution in [0.3, 0.4) is 0 Å². The highest BCUT2D eigenvalue weighted by Gasteiger charge is 2.33. The number of hydrogen-bond acceptors (Lipinski definition) is 3. The van der Waals surface area contributed by atoms with Crippen LogP contribution in [0.1, 0.15) is 39.2 Å². The minimum absolute atomic E-state index is 0.388. The van der Waals surface area contributed by atoms with Crippen LogP contribution in [0.2, 0.25) is 0 Å². The molecule has 1 atom stereocenters. The van der Waals surface area contributed by atoms with Crippen LogP contribution < -0.4 is 9.47 Å².